The van der Waals surface area contributed by atoms with Crippen molar-refractivity contribution in [3.63, 3.8) is 0 Å². The summed E-state index contributed by atoms with van der Waals surface area (Å²) in [5.41, 5.74) is 5.78. The summed E-state index contributed by atoms with van der Waals surface area (Å²) in [5.74, 6) is 2.62. The SMILES string of the molecule is COc1ccccc1CCN1COc2c(cc3c(c2C)O/C(=C\c2cccc(C)c2)C3=O)C1. The molecule has 2 heterocycles. The van der Waals surface area contributed by atoms with Crippen LogP contribution in [-0.4, -0.2) is 31.1 Å². The van der Waals surface area contributed by atoms with Gasteiger partial charge in [-0.2, -0.15) is 0 Å². The van der Waals surface area contributed by atoms with Crippen molar-refractivity contribution in [2.24, 2.45) is 0 Å². The van der Waals surface area contributed by atoms with Gasteiger partial charge in [0.05, 0.1) is 12.7 Å². The van der Waals surface area contributed by atoms with Gasteiger partial charge in [-0.05, 0) is 49.6 Å². The van der Waals surface area contributed by atoms with E-state index in [-0.39, 0.29) is 5.78 Å². The van der Waals surface area contributed by atoms with Crippen molar-refractivity contribution in [2.75, 3.05) is 20.4 Å². The standard InChI is InChI=1S/C28H27NO4/c1-18-7-6-8-20(13-18)14-25-26(30)23-15-22-16-29(17-32-27(22)19(2)28(23)33-25)12-11-21-9-4-5-10-24(21)31-3/h4-10,13-15H,11-12,16-17H2,1-3H3/b25-14-. The molecule has 2 aliphatic rings. The van der Waals surface area contributed by atoms with Gasteiger partial charge in [0.2, 0.25) is 5.78 Å². The average Bonchev–Trinajstić information content (AvgIpc) is 3.13. The van der Waals surface area contributed by atoms with Gasteiger partial charge in [0.1, 0.15) is 24.0 Å². The summed E-state index contributed by atoms with van der Waals surface area (Å²) in [7, 11) is 1.70. The minimum Gasteiger partial charge on any atom is -0.496 e. The molecule has 0 fully saturated rings. The number of fused-ring (bicyclic) bond motifs is 2. The summed E-state index contributed by atoms with van der Waals surface area (Å²) >= 11 is 0. The highest BCUT2D eigenvalue weighted by atomic mass is 16.5. The Labute approximate surface area is 194 Å². The van der Waals surface area contributed by atoms with Gasteiger partial charge in [-0.3, -0.25) is 9.69 Å². The van der Waals surface area contributed by atoms with Crippen molar-refractivity contribution in [3.8, 4) is 17.2 Å². The van der Waals surface area contributed by atoms with Crippen LogP contribution in [0.15, 0.2) is 60.4 Å². The molecule has 0 atom stereocenters. The zero-order chi connectivity index (χ0) is 22.9. The van der Waals surface area contributed by atoms with E-state index in [9.17, 15) is 4.79 Å². The summed E-state index contributed by atoms with van der Waals surface area (Å²) in [5, 5.41) is 0. The number of hydrogen-bond acceptors (Lipinski definition) is 5. The van der Waals surface area contributed by atoms with Gasteiger partial charge >= 0.3 is 0 Å². The number of nitrogens with zero attached hydrogens (tertiary/aromatic N) is 1. The van der Waals surface area contributed by atoms with Crippen molar-refractivity contribution in [1.82, 2.24) is 4.90 Å². The minimum atomic E-state index is -0.0800. The lowest BCUT2D eigenvalue weighted by atomic mass is 9.99. The first kappa shape index (κ1) is 21.3. The van der Waals surface area contributed by atoms with Gasteiger partial charge < -0.3 is 14.2 Å². The lowest BCUT2D eigenvalue weighted by molar-refractivity contribution is 0.0952. The monoisotopic (exact) mass is 441 g/mol. The summed E-state index contributed by atoms with van der Waals surface area (Å²) in [6.07, 6.45) is 2.67. The van der Waals surface area contributed by atoms with Gasteiger partial charge in [-0.25, -0.2) is 0 Å². The predicted octanol–water partition coefficient (Wildman–Crippen LogP) is 5.32. The highest BCUT2D eigenvalue weighted by Crippen LogP contribution is 2.43. The summed E-state index contributed by atoms with van der Waals surface area (Å²) in [6, 6.07) is 18.0. The van der Waals surface area contributed by atoms with Crippen LogP contribution in [-0.2, 0) is 13.0 Å². The molecule has 2 aliphatic heterocycles. The Kier molecular flexibility index (Phi) is 5.65. The molecule has 0 aromatic heterocycles. The average molecular weight is 442 g/mol. The fourth-order valence-corrected chi connectivity index (χ4v) is 4.54. The molecule has 3 aromatic rings. The molecule has 0 N–H and O–H groups in total. The Morgan fingerprint density at radius 1 is 1.06 bits per heavy atom. The number of ketones is 1. The molecular weight excluding hydrogens is 414 g/mol. The van der Waals surface area contributed by atoms with E-state index in [1.165, 1.54) is 5.56 Å². The second-order valence-electron chi connectivity index (χ2n) is 8.61. The molecule has 0 radical (unpaired) electrons. The van der Waals surface area contributed by atoms with Gasteiger partial charge in [-0.15, -0.1) is 0 Å². The maximum Gasteiger partial charge on any atom is 0.231 e. The molecule has 168 valence electrons. The molecule has 0 amide bonds. The number of methoxy groups -OCH3 is 1. The normalized spacial score (nSPS) is 16.2. The molecule has 0 spiro atoms. The number of Topliss-reactive ketones (excluding diaryl/α,β-unsaturated/α-hetero) is 1. The number of rotatable bonds is 5. The molecule has 0 bridgehead atoms. The quantitative estimate of drug-likeness (QED) is 0.502. The van der Waals surface area contributed by atoms with Crippen LogP contribution in [0.2, 0.25) is 0 Å². The van der Waals surface area contributed by atoms with Gasteiger partial charge in [0.15, 0.2) is 5.76 Å². The van der Waals surface area contributed by atoms with Crippen LogP contribution >= 0.6 is 0 Å². The first-order chi connectivity index (χ1) is 16.0. The molecule has 0 unspecified atom stereocenters. The van der Waals surface area contributed by atoms with Gasteiger partial charge in [0, 0.05) is 24.2 Å². The number of para-hydroxylation sites is 1. The lowest BCUT2D eigenvalue weighted by Crippen LogP contribution is -2.34. The van der Waals surface area contributed by atoms with Crippen LogP contribution in [0.3, 0.4) is 0 Å². The van der Waals surface area contributed by atoms with E-state index in [0.29, 0.717) is 23.8 Å². The fraction of sp³-hybridized carbons (Fsp3) is 0.250. The van der Waals surface area contributed by atoms with E-state index < -0.39 is 0 Å². The van der Waals surface area contributed by atoms with E-state index in [1.807, 2.05) is 68.5 Å². The van der Waals surface area contributed by atoms with E-state index >= 15 is 0 Å². The van der Waals surface area contributed by atoms with Crippen molar-refractivity contribution in [2.45, 2.75) is 26.8 Å². The Bertz CT molecular complexity index is 1260. The van der Waals surface area contributed by atoms with Crippen molar-refractivity contribution in [1.29, 1.82) is 0 Å². The molecule has 33 heavy (non-hydrogen) atoms. The first-order valence-corrected chi connectivity index (χ1v) is 11.2. The summed E-state index contributed by atoms with van der Waals surface area (Å²) in [6.45, 7) is 6.05. The zero-order valence-electron chi connectivity index (χ0n) is 19.2. The second-order valence-corrected chi connectivity index (χ2v) is 8.61. The number of benzene rings is 3. The van der Waals surface area contributed by atoms with E-state index in [1.54, 1.807) is 7.11 Å². The Morgan fingerprint density at radius 2 is 1.91 bits per heavy atom. The highest BCUT2D eigenvalue weighted by Gasteiger charge is 2.33. The molecule has 0 aliphatic carbocycles. The predicted molar refractivity (Wildman–Crippen MR) is 128 cm³/mol. The number of hydrogen-bond donors (Lipinski definition) is 0. The topological polar surface area (TPSA) is 48.0 Å². The first-order valence-electron chi connectivity index (χ1n) is 11.2. The fourth-order valence-electron chi connectivity index (χ4n) is 4.54. The lowest BCUT2D eigenvalue weighted by Gasteiger charge is -2.30. The number of allylic oxidation sites excluding steroid dienone is 1. The number of carbonyl (C=O) groups is 1. The summed E-state index contributed by atoms with van der Waals surface area (Å²) in [4.78, 5) is 15.4. The van der Waals surface area contributed by atoms with Crippen LogP contribution in [0.5, 0.6) is 17.2 Å². The van der Waals surface area contributed by atoms with Crippen LogP contribution in [0.4, 0.5) is 0 Å². The van der Waals surface area contributed by atoms with Gasteiger partial charge in [-0.1, -0.05) is 48.0 Å². The third-order valence-electron chi connectivity index (χ3n) is 6.23. The van der Waals surface area contributed by atoms with E-state index in [4.69, 9.17) is 14.2 Å². The largest absolute Gasteiger partial charge is 0.496 e. The molecule has 5 rings (SSSR count). The third kappa shape index (κ3) is 4.12. The van der Waals surface area contributed by atoms with Crippen LogP contribution in [0, 0.1) is 13.8 Å². The van der Waals surface area contributed by atoms with E-state index in [2.05, 4.69) is 11.0 Å². The molecule has 0 saturated heterocycles. The molecule has 5 nitrogen and oxygen atoms in total. The Hall–Kier alpha value is -3.57. The van der Waals surface area contributed by atoms with Crippen LogP contribution in [0.1, 0.15) is 38.2 Å². The summed E-state index contributed by atoms with van der Waals surface area (Å²) < 4.78 is 17.6. The van der Waals surface area contributed by atoms with Gasteiger partial charge in [0.25, 0.3) is 0 Å². The molecular formula is C28H27NO4. The second kappa shape index (κ2) is 8.75. The number of carbonyl (C=O) groups excluding carboxylic acids is 1. The molecule has 0 saturated carbocycles. The maximum atomic E-state index is 13.1. The van der Waals surface area contributed by atoms with Crippen LogP contribution < -0.4 is 14.2 Å². The zero-order valence-corrected chi connectivity index (χ0v) is 19.2. The van der Waals surface area contributed by atoms with E-state index in [0.717, 1.165) is 53.3 Å². The number of aryl methyl sites for hydroxylation is 1. The maximum absolute atomic E-state index is 13.1. The smallest absolute Gasteiger partial charge is 0.231 e. The van der Waals surface area contributed by atoms with Crippen molar-refractivity contribution >= 4 is 11.9 Å². The van der Waals surface area contributed by atoms with Crippen molar-refractivity contribution in [3.05, 3.63) is 93.7 Å². The van der Waals surface area contributed by atoms with Crippen molar-refractivity contribution < 1.29 is 19.0 Å². The third-order valence-corrected chi connectivity index (χ3v) is 6.23. The van der Waals surface area contributed by atoms with Crippen LogP contribution in [0.25, 0.3) is 6.08 Å². The Morgan fingerprint density at radius 3 is 2.73 bits per heavy atom. The minimum absolute atomic E-state index is 0.0800. The number of ether oxygens (including phenoxy) is 3. The molecule has 5 heteroatoms. The Balaban J connectivity index is 1.36. The highest BCUT2D eigenvalue weighted by molar-refractivity contribution is 6.15. The molecule has 3 aromatic carbocycles.